The van der Waals surface area contributed by atoms with Crippen molar-refractivity contribution in [2.24, 2.45) is 0 Å². The molecule has 1 aliphatic rings. The predicted molar refractivity (Wildman–Crippen MR) is 64.1 cm³/mol. The van der Waals surface area contributed by atoms with E-state index in [0.717, 1.165) is 18.4 Å². The van der Waals surface area contributed by atoms with Gasteiger partial charge in [-0.3, -0.25) is 0 Å². The Labute approximate surface area is 93.5 Å². The van der Waals surface area contributed by atoms with Gasteiger partial charge in [-0.2, -0.15) is 11.8 Å². The number of aliphatic hydroxyl groups is 1. The third-order valence-corrected chi connectivity index (χ3v) is 5.50. The van der Waals surface area contributed by atoms with Crippen LogP contribution in [0.15, 0.2) is 11.4 Å². The van der Waals surface area contributed by atoms with Crippen LogP contribution in [0.25, 0.3) is 0 Å². The molecule has 0 aromatic carbocycles. The summed E-state index contributed by atoms with van der Waals surface area (Å²) < 4.78 is 0.119. The zero-order chi connectivity index (χ0) is 10.2. The Morgan fingerprint density at radius 1 is 1.57 bits per heavy atom. The highest BCUT2D eigenvalue weighted by Crippen LogP contribution is 2.51. The summed E-state index contributed by atoms with van der Waals surface area (Å²) in [6.07, 6.45) is 5.42. The molecule has 2 rings (SSSR count). The van der Waals surface area contributed by atoms with E-state index >= 15 is 0 Å². The average molecular weight is 228 g/mol. The van der Waals surface area contributed by atoms with Crippen LogP contribution < -0.4 is 0 Å². The smallest absolute Gasteiger partial charge is 0.0944 e. The van der Waals surface area contributed by atoms with Gasteiger partial charge in [0.25, 0.3) is 0 Å². The summed E-state index contributed by atoms with van der Waals surface area (Å²) in [5.41, 5.74) is 1.11. The molecular formula is C11H16OS2. The second kappa shape index (κ2) is 3.87. The Balaban J connectivity index is 2.18. The van der Waals surface area contributed by atoms with Crippen LogP contribution in [0.4, 0.5) is 0 Å². The Hall–Kier alpha value is 0.0100. The number of hydrogen-bond donors (Lipinski definition) is 1. The molecule has 1 aromatic rings. The molecule has 78 valence electrons. The third-order valence-electron chi connectivity index (χ3n) is 3.17. The molecule has 0 amide bonds. The second-order valence-corrected chi connectivity index (χ2v) is 6.35. The van der Waals surface area contributed by atoms with Gasteiger partial charge in [0.05, 0.1) is 6.10 Å². The standard InChI is InChI=1S/C11H16OS2/c1-8-6-9(7-14-8)10(12)11(13-2)4-3-5-11/h6-7,10,12H,3-5H2,1-2H3. The first-order valence-electron chi connectivity index (χ1n) is 4.96. The fourth-order valence-electron chi connectivity index (χ4n) is 2.03. The predicted octanol–water partition coefficient (Wildman–Crippen LogP) is 3.38. The average Bonchev–Trinajstić information content (AvgIpc) is 2.50. The first kappa shape index (κ1) is 10.5. The molecule has 1 saturated carbocycles. The van der Waals surface area contributed by atoms with Crippen LogP contribution in [-0.2, 0) is 0 Å². The monoisotopic (exact) mass is 228 g/mol. The SMILES string of the molecule is CSC1(C(O)c2csc(C)c2)CCC1. The van der Waals surface area contributed by atoms with Gasteiger partial charge in [-0.15, -0.1) is 11.3 Å². The second-order valence-electron chi connectivity index (χ2n) is 4.02. The molecule has 0 bridgehead atoms. The summed E-state index contributed by atoms with van der Waals surface area (Å²) in [6.45, 7) is 2.09. The van der Waals surface area contributed by atoms with E-state index in [0.29, 0.717) is 0 Å². The van der Waals surface area contributed by atoms with Gasteiger partial charge in [0.1, 0.15) is 0 Å². The van der Waals surface area contributed by atoms with Crippen molar-refractivity contribution in [3.05, 3.63) is 21.9 Å². The van der Waals surface area contributed by atoms with Gasteiger partial charge >= 0.3 is 0 Å². The first-order valence-corrected chi connectivity index (χ1v) is 7.07. The van der Waals surface area contributed by atoms with Crippen molar-refractivity contribution in [1.82, 2.24) is 0 Å². The maximum atomic E-state index is 10.3. The fourth-order valence-corrected chi connectivity index (χ4v) is 3.80. The number of hydrogen-bond acceptors (Lipinski definition) is 3. The molecule has 0 spiro atoms. The fraction of sp³-hybridized carbons (Fsp3) is 0.636. The maximum absolute atomic E-state index is 10.3. The number of thiophene rings is 1. The number of rotatable bonds is 3. The summed E-state index contributed by atoms with van der Waals surface area (Å²) >= 11 is 3.55. The lowest BCUT2D eigenvalue weighted by Crippen LogP contribution is -2.39. The summed E-state index contributed by atoms with van der Waals surface area (Å²) in [4.78, 5) is 1.29. The molecular weight excluding hydrogens is 212 g/mol. The first-order chi connectivity index (χ1) is 6.68. The summed E-state index contributed by atoms with van der Waals surface area (Å²) in [5, 5.41) is 12.4. The van der Waals surface area contributed by atoms with Gasteiger partial charge in [0, 0.05) is 9.62 Å². The zero-order valence-corrected chi connectivity index (χ0v) is 10.3. The zero-order valence-electron chi connectivity index (χ0n) is 8.62. The quantitative estimate of drug-likeness (QED) is 0.856. The Morgan fingerprint density at radius 3 is 2.64 bits per heavy atom. The maximum Gasteiger partial charge on any atom is 0.0944 e. The van der Waals surface area contributed by atoms with Gasteiger partial charge in [-0.1, -0.05) is 6.42 Å². The van der Waals surface area contributed by atoms with Gasteiger partial charge in [0.15, 0.2) is 0 Å². The van der Waals surface area contributed by atoms with E-state index in [1.165, 1.54) is 11.3 Å². The summed E-state index contributed by atoms with van der Waals surface area (Å²) in [7, 11) is 0. The van der Waals surface area contributed by atoms with E-state index in [2.05, 4.69) is 24.6 Å². The van der Waals surface area contributed by atoms with E-state index in [1.54, 1.807) is 11.3 Å². The highest BCUT2D eigenvalue weighted by molar-refractivity contribution is 8.00. The summed E-state index contributed by atoms with van der Waals surface area (Å²) in [6, 6.07) is 2.12. The molecule has 14 heavy (non-hydrogen) atoms. The molecule has 1 aromatic heterocycles. The van der Waals surface area contributed by atoms with Crippen LogP contribution in [0.3, 0.4) is 0 Å². The topological polar surface area (TPSA) is 20.2 Å². The van der Waals surface area contributed by atoms with E-state index < -0.39 is 0 Å². The number of aliphatic hydroxyl groups excluding tert-OH is 1. The minimum atomic E-state index is -0.267. The normalized spacial score (nSPS) is 21.6. The largest absolute Gasteiger partial charge is 0.387 e. The number of thioether (sulfide) groups is 1. The van der Waals surface area contributed by atoms with Crippen LogP contribution in [0.5, 0.6) is 0 Å². The Bertz CT molecular complexity index is 309. The van der Waals surface area contributed by atoms with Crippen LogP contribution in [0, 0.1) is 6.92 Å². The minimum Gasteiger partial charge on any atom is -0.387 e. The highest BCUT2D eigenvalue weighted by atomic mass is 32.2. The van der Waals surface area contributed by atoms with Crippen molar-refractivity contribution >= 4 is 23.1 Å². The highest BCUT2D eigenvalue weighted by Gasteiger charge is 2.43. The van der Waals surface area contributed by atoms with Crippen LogP contribution in [0.1, 0.15) is 35.8 Å². The van der Waals surface area contributed by atoms with E-state index in [-0.39, 0.29) is 10.9 Å². The van der Waals surface area contributed by atoms with Crippen molar-refractivity contribution in [3.8, 4) is 0 Å². The molecule has 0 saturated heterocycles. The van der Waals surface area contributed by atoms with Crippen LogP contribution >= 0.6 is 23.1 Å². The Kier molecular flexibility index (Phi) is 2.91. The lowest BCUT2D eigenvalue weighted by molar-refractivity contribution is 0.0880. The van der Waals surface area contributed by atoms with Crippen LogP contribution in [0.2, 0.25) is 0 Å². The van der Waals surface area contributed by atoms with Gasteiger partial charge in [-0.05, 0) is 43.0 Å². The lowest BCUT2D eigenvalue weighted by Gasteiger charge is -2.44. The van der Waals surface area contributed by atoms with Crippen molar-refractivity contribution < 1.29 is 5.11 Å². The van der Waals surface area contributed by atoms with Gasteiger partial charge in [-0.25, -0.2) is 0 Å². The van der Waals surface area contributed by atoms with Crippen LogP contribution in [-0.4, -0.2) is 16.1 Å². The number of aryl methyl sites for hydroxylation is 1. The molecule has 1 fully saturated rings. The Morgan fingerprint density at radius 2 is 2.29 bits per heavy atom. The van der Waals surface area contributed by atoms with Crippen molar-refractivity contribution in [2.45, 2.75) is 37.0 Å². The van der Waals surface area contributed by atoms with Crippen molar-refractivity contribution in [2.75, 3.05) is 6.26 Å². The molecule has 3 heteroatoms. The molecule has 0 radical (unpaired) electrons. The molecule has 1 atom stereocenters. The minimum absolute atomic E-state index is 0.119. The van der Waals surface area contributed by atoms with E-state index in [1.807, 2.05) is 11.8 Å². The van der Waals surface area contributed by atoms with Crippen molar-refractivity contribution in [3.63, 3.8) is 0 Å². The molecule has 1 unspecified atom stereocenters. The molecule has 1 nitrogen and oxygen atoms in total. The molecule has 0 aliphatic heterocycles. The van der Waals surface area contributed by atoms with Gasteiger partial charge in [0.2, 0.25) is 0 Å². The van der Waals surface area contributed by atoms with E-state index in [4.69, 9.17) is 0 Å². The molecule has 1 N–H and O–H groups in total. The van der Waals surface area contributed by atoms with E-state index in [9.17, 15) is 5.11 Å². The summed E-state index contributed by atoms with van der Waals surface area (Å²) in [5.74, 6) is 0. The molecule has 1 heterocycles. The van der Waals surface area contributed by atoms with Gasteiger partial charge < -0.3 is 5.11 Å². The lowest BCUT2D eigenvalue weighted by atomic mass is 9.78. The van der Waals surface area contributed by atoms with Crippen molar-refractivity contribution in [1.29, 1.82) is 0 Å². The molecule has 1 aliphatic carbocycles. The third kappa shape index (κ3) is 1.62.